The monoisotopic (exact) mass is 259 g/mol. The highest BCUT2D eigenvalue weighted by Crippen LogP contribution is 2.25. The van der Waals surface area contributed by atoms with Crippen molar-refractivity contribution in [2.75, 3.05) is 18.0 Å². The molecule has 0 atom stereocenters. The summed E-state index contributed by atoms with van der Waals surface area (Å²) in [5.74, 6) is 1.05. The van der Waals surface area contributed by atoms with Crippen molar-refractivity contribution < 1.29 is 0 Å². The molecule has 0 amide bonds. The molecule has 0 radical (unpaired) electrons. The van der Waals surface area contributed by atoms with Gasteiger partial charge in [0.1, 0.15) is 0 Å². The maximum absolute atomic E-state index is 5.85. The highest BCUT2D eigenvalue weighted by atomic mass is 79.9. The van der Waals surface area contributed by atoms with E-state index in [-0.39, 0.29) is 0 Å². The van der Waals surface area contributed by atoms with E-state index in [1.165, 1.54) is 0 Å². The van der Waals surface area contributed by atoms with Gasteiger partial charge in [-0.05, 0) is 28.8 Å². The number of nitrogens with two attached hydrogens (primary N) is 1. The van der Waals surface area contributed by atoms with Crippen LogP contribution in [0.25, 0.3) is 0 Å². The third kappa shape index (κ3) is 1.76. The van der Waals surface area contributed by atoms with Crippen molar-refractivity contribution >= 4 is 21.7 Å². The van der Waals surface area contributed by atoms with Crippen molar-refractivity contribution in [1.82, 2.24) is 15.0 Å². The third-order valence-electron chi connectivity index (χ3n) is 2.60. The van der Waals surface area contributed by atoms with Crippen LogP contribution in [0.3, 0.4) is 0 Å². The number of hydrogen-bond donors (Lipinski definition) is 1. The van der Waals surface area contributed by atoms with Gasteiger partial charge in [0.2, 0.25) is 0 Å². The number of aryl methyl sites for hydroxylation is 1. The van der Waals surface area contributed by atoms with E-state index < -0.39 is 0 Å². The second kappa shape index (κ2) is 3.86. The van der Waals surface area contributed by atoms with E-state index in [1.54, 1.807) is 4.68 Å². The van der Waals surface area contributed by atoms with Gasteiger partial charge in [-0.2, -0.15) is 0 Å². The molecule has 0 saturated carbocycles. The zero-order valence-corrected chi connectivity index (χ0v) is 9.74. The first-order valence-electron chi connectivity index (χ1n) is 4.74. The minimum absolute atomic E-state index is 0.353. The van der Waals surface area contributed by atoms with Crippen LogP contribution in [0.5, 0.6) is 0 Å². The van der Waals surface area contributed by atoms with Gasteiger partial charge in [0.15, 0.2) is 10.4 Å². The molecule has 2 rings (SSSR count). The molecule has 1 fully saturated rings. The fourth-order valence-electron chi connectivity index (χ4n) is 1.77. The molecule has 5 nitrogen and oxygen atoms in total. The Morgan fingerprint density at radius 1 is 1.43 bits per heavy atom. The molecule has 0 spiro atoms. The van der Waals surface area contributed by atoms with Crippen molar-refractivity contribution in [3.05, 3.63) is 4.60 Å². The Bertz CT molecular complexity index is 296. The summed E-state index contributed by atoms with van der Waals surface area (Å²) < 4.78 is 2.61. The summed E-state index contributed by atoms with van der Waals surface area (Å²) in [5, 5.41) is 7.92. The summed E-state index contributed by atoms with van der Waals surface area (Å²) >= 11 is 3.40. The van der Waals surface area contributed by atoms with Crippen LogP contribution in [0.2, 0.25) is 0 Å². The maximum Gasteiger partial charge on any atom is 0.172 e. The minimum atomic E-state index is 0.353. The first-order valence-corrected chi connectivity index (χ1v) is 5.53. The smallest absolute Gasteiger partial charge is 0.172 e. The van der Waals surface area contributed by atoms with E-state index in [0.29, 0.717) is 6.04 Å². The van der Waals surface area contributed by atoms with Crippen molar-refractivity contribution in [3.63, 3.8) is 0 Å². The van der Waals surface area contributed by atoms with Gasteiger partial charge in [0.25, 0.3) is 0 Å². The minimum Gasteiger partial charge on any atom is -0.354 e. The summed E-state index contributed by atoms with van der Waals surface area (Å²) in [6.07, 6.45) is 2.08. The predicted molar refractivity (Wildman–Crippen MR) is 58.1 cm³/mol. The first-order chi connectivity index (χ1) is 6.68. The molecule has 1 aliphatic heterocycles. The van der Waals surface area contributed by atoms with Crippen LogP contribution in [-0.2, 0) is 7.05 Å². The molecule has 6 heteroatoms. The number of halogens is 1. The van der Waals surface area contributed by atoms with Gasteiger partial charge in [0, 0.05) is 26.2 Å². The molecule has 0 aromatic carbocycles. The van der Waals surface area contributed by atoms with E-state index in [9.17, 15) is 0 Å². The topological polar surface area (TPSA) is 60.0 Å². The lowest BCUT2D eigenvalue weighted by Gasteiger charge is -2.31. The largest absolute Gasteiger partial charge is 0.354 e. The Hall–Kier alpha value is -0.620. The lowest BCUT2D eigenvalue weighted by Crippen LogP contribution is -2.40. The number of anilines is 1. The third-order valence-corrected chi connectivity index (χ3v) is 3.11. The molecular formula is C8H14BrN5. The summed E-state index contributed by atoms with van der Waals surface area (Å²) in [6, 6.07) is 0.353. The van der Waals surface area contributed by atoms with Crippen LogP contribution in [-0.4, -0.2) is 34.1 Å². The van der Waals surface area contributed by atoms with Crippen LogP contribution in [0.15, 0.2) is 4.60 Å². The number of rotatable bonds is 1. The number of nitrogens with zero attached hydrogens (tertiary/aromatic N) is 4. The maximum atomic E-state index is 5.85. The molecule has 0 bridgehead atoms. The molecule has 1 aliphatic rings. The van der Waals surface area contributed by atoms with E-state index in [0.717, 1.165) is 36.4 Å². The molecule has 1 aromatic rings. The van der Waals surface area contributed by atoms with Crippen molar-refractivity contribution in [2.45, 2.75) is 18.9 Å². The zero-order chi connectivity index (χ0) is 10.1. The molecule has 1 aromatic heterocycles. The van der Waals surface area contributed by atoms with Gasteiger partial charge in [-0.15, -0.1) is 5.10 Å². The van der Waals surface area contributed by atoms with Crippen LogP contribution in [0, 0.1) is 0 Å². The van der Waals surface area contributed by atoms with Gasteiger partial charge in [-0.25, -0.2) is 4.68 Å². The zero-order valence-electron chi connectivity index (χ0n) is 8.15. The van der Waals surface area contributed by atoms with Gasteiger partial charge in [-0.1, -0.05) is 5.21 Å². The van der Waals surface area contributed by atoms with Gasteiger partial charge >= 0.3 is 0 Å². The van der Waals surface area contributed by atoms with Crippen molar-refractivity contribution in [3.8, 4) is 0 Å². The summed E-state index contributed by atoms with van der Waals surface area (Å²) in [5.41, 5.74) is 5.85. The molecule has 14 heavy (non-hydrogen) atoms. The molecular weight excluding hydrogens is 246 g/mol. The number of piperidine rings is 1. The standard InChI is InChI=1S/C8H14BrN5/c1-13-8(7(9)11-12-13)14-4-2-6(10)3-5-14/h6H,2-5,10H2,1H3. The molecule has 78 valence electrons. The Morgan fingerprint density at radius 2 is 2.07 bits per heavy atom. The molecule has 2 N–H and O–H groups in total. The van der Waals surface area contributed by atoms with Crippen molar-refractivity contribution in [1.29, 1.82) is 0 Å². The van der Waals surface area contributed by atoms with Gasteiger partial charge in [0.05, 0.1) is 0 Å². The Balaban J connectivity index is 2.15. The molecule has 0 unspecified atom stereocenters. The van der Waals surface area contributed by atoms with Crippen LogP contribution in [0.4, 0.5) is 5.82 Å². The van der Waals surface area contributed by atoms with Crippen molar-refractivity contribution in [2.24, 2.45) is 12.8 Å². The predicted octanol–water partition coefficient (Wildman–Crippen LogP) is 0.505. The number of hydrogen-bond acceptors (Lipinski definition) is 4. The molecule has 2 heterocycles. The first kappa shape index (κ1) is 9.92. The summed E-state index contributed by atoms with van der Waals surface area (Å²) in [4.78, 5) is 2.27. The van der Waals surface area contributed by atoms with Crippen LogP contribution in [0.1, 0.15) is 12.8 Å². The van der Waals surface area contributed by atoms with Crippen LogP contribution < -0.4 is 10.6 Å². The van der Waals surface area contributed by atoms with Gasteiger partial charge in [-0.3, -0.25) is 0 Å². The Labute approximate surface area is 91.4 Å². The average Bonchev–Trinajstić information content (AvgIpc) is 2.49. The second-order valence-electron chi connectivity index (χ2n) is 3.65. The van der Waals surface area contributed by atoms with E-state index in [1.807, 2.05) is 7.05 Å². The van der Waals surface area contributed by atoms with Gasteiger partial charge < -0.3 is 10.6 Å². The Kier molecular flexibility index (Phi) is 2.73. The molecule has 1 saturated heterocycles. The summed E-state index contributed by atoms with van der Waals surface area (Å²) in [6.45, 7) is 1.97. The van der Waals surface area contributed by atoms with E-state index in [4.69, 9.17) is 5.73 Å². The normalized spacial score (nSPS) is 18.9. The van der Waals surface area contributed by atoms with E-state index >= 15 is 0 Å². The fourth-order valence-corrected chi connectivity index (χ4v) is 2.35. The lowest BCUT2D eigenvalue weighted by atomic mass is 10.1. The fraction of sp³-hybridized carbons (Fsp3) is 0.750. The summed E-state index contributed by atoms with van der Waals surface area (Å²) in [7, 11) is 1.90. The molecule has 0 aliphatic carbocycles. The Morgan fingerprint density at radius 3 is 2.57 bits per heavy atom. The highest BCUT2D eigenvalue weighted by molar-refractivity contribution is 9.10. The highest BCUT2D eigenvalue weighted by Gasteiger charge is 2.21. The SMILES string of the molecule is Cn1nnc(Br)c1N1CCC(N)CC1. The average molecular weight is 260 g/mol. The lowest BCUT2D eigenvalue weighted by molar-refractivity contribution is 0.492. The second-order valence-corrected chi connectivity index (χ2v) is 4.40. The van der Waals surface area contributed by atoms with Crippen LogP contribution >= 0.6 is 15.9 Å². The number of aromatic nitrogens is 3. The van der Waals surface area contributed by atoms with E-state index in [2.05, 4.69) is 31.1 Å². The quantitative estimate of drug-likeness (QED) is 0.799.